The highest BCUT2D eigenvalue weighted by atomic mass is 32.1. The first-order valence-corrected chi connectivity index (χ1v) is 2.08. The summed E-state index contributed by atoms with van der Waals surface area (Å²) in [5.74, 6) is -0.481. The Balaban J connectivity index is 0. The Morgan fingerprint density at radius 1 is 2.00 bits per heavy atom. The van der Waals surface area contributed by atoms with Gasteiger partial charge in [0.1, 0.15) is 5.40 Å². The molecule has 0 fully saturated rings. The largest absolute Gasteiger partial charge is 0.366 e. The number of nitriles is 1. The van der Waals surface area contributed by atoms with Gasteiger partial charge < -0.3 is 5.73 Å². The van der Waals surface area contributed by atoms with E-state index in [4.69, 9.17) is 5.26 Å². The molecule has 0 aromatic carbocycles. The topological polar surface area (TPSA) is 66.9 Å². The lowest BCUT2D eigenvalue weighted by atomic mass is 10.6. The molecule has 1 amide bonds. The number of thiocyanates is 1. The number of nitrogens with two attached hydrogens (primary N) is 1. The monoisotopic (exact) mass is 130 g/mol. The lowest BCUT2D eigenvalue weighted by molar-refractivity contribution is -0.113. The van der Waals surface area contributed by atoms with Crippen LogP contribution in [0.4, 0.5) is 0 Å². The summed E-state index contributed by atoms with van der Waals surface area (Å²) in [6.45, 7) is 3.09. The Morgan fingerprint density at radius 2 is 2.12 bits per heavy atom. The number of rotatable bonds is 1. The quantitative estimate of drug-likeness (QED) is 0.299. The summed E-state index contributed by atoms with van der Waals surface area (Å²) in [6.07, 6.45) is 1.06. The van der Waals surface area contributed by atoms with Gasteiger partial charge in [0.15, 0.2) is 0 Å². The van der Waals surface area contributed by atoms with Gasteiger partial charge in [-0.2, -0.15) is 5.26 Å². The maximum atomic E-state index is 9.47. The SMILES string of the molecule is C=CC(N)=O.N#CS. The second kappa shape index (κ2) is 9.41. The fraction of sp³-hybridized carbons (Fsp3) is 0. The van der Waals surface area contributed by atoms with Crippen molar-refractivity contribution >= 4 is 18.5 Å². The number of carbonyl (C=O) groups is 1. The summed E-state index contributed by atoms with van der Waals surface area (Å²) in [4.78, 5) is 9.47. The smallest absolute Gasteiger partial charge is 0.240 e. The first-order chi connectivity index (χ1) is 3.68. The number of hydrogen-bond acceptors (Lipinski definition) is 3. The Bertz CT molecular complexity index is 116. The number of primary amides is 1. The van der Waals surface area contributed by atoms with E-state index < -0.39 is 5.91 Å². The lowest BCUT2D eigenvalue weighted by Gasteiger charge is -1.65. The van der Waals surface area contributed by atoms with Gasteiger partial charge in [0, 0.05) is 0 Å². The molecular weight excluding hydrogens is 124 g/mol. The highest BCUT2D eigenvalue weighted by Crippen LogP contribution is 1.48. The van der Waals surface area contributed by atoms with Crippen LogP contribution < -0.4 is 5.73 Å². The molecule has 0 unspecified atom stereocenters. The zero-order chi connectivity index (χ0) is 6.99. The summed E-state index contributed by atoms with van der Waals surface area (Å²) in [6, 6.07) is 0. The second-order valence-electron chi connectivity index (χ2n) is 0.706. The Morgan fingerprint density at radius 3 is 2.12 bits per heavy atom. The van der Waals surface area contributed by atoms with E-state index in [1.54, 1.807) is 0 Å². The summed E-state index contributed by atoms with van der Waals surface area (Å²) in [5, 5.41) is 8.63. The predicted molar refractivity (Wildman–Crippen MR) is 34.0 cm³/mol. The van der Waals surface area contributed by atoms with Gasteiger partial charge in [-0.15, -0.1) is 0 Å². The van der Waals surface area contributed by atoms with E-state index >= 15 is 0 Å². The zero-order valence-electron chi connectivity index (χ0n) is 4.16. The molecule has 0 aliphatic carbocycles. The number of thiol groups is 1. The predicted octanol–water partition coefficient (Wildman–Crippen LogP) is 0.0550. The van der Waals surface area contributed by atoms with E-state index in [0.717, 1.165) is 6.08 Å². The maximum Gasteiger partial charge on any atom is 0.240 e. The van der Waals surface area contributed by atoms with Gasteiger partial charge in [-0.25, -0.2) is 0 Å². The Labute approximate surface area is 53.2 Å². The molecule has 0 rings (SSSR count). The summed E-state index contributed by atoms with van der Waals surface area (Å²) in [5.41, 5.74) is 4.53. The van der Waals surface area contributed by atoms with Gasteiger partial charge in [-0.05, 0) is 6.08 Å². The number of amides is 1. The standard InChI is InChI=1S/C3H5NO.CHNS/c1-2-3(4)5;2-1-3/h2H,1H2,(H2,4,5);3H. The molecule has 8 heavy (non-hydrogen) atoms. The van der Waals surface area contributed by atoms with Crippen LogP contribution in [0.3, 0.4) is 0 Å². The molecule has 0 aromatic heterocycles. The van der Waals surface area contributed by atoms with Crippen LogP contribution in [0.1, 0.15) is 0 Å². The highest BCUT2D eigenvalue weighted by molar-refractivity contribution is 7.85. The van der Waals surface area contributed by atoms with E-state index in [2.05, 4.69) is 24.9 Å². The molecule has 0 atom stereocenters. The number of carbonyl (C=O) groups excluding carboxylic acids is 1. The molecule has 0 aliphatic heterocycles. The molecule has 0 spiro atoms. The van der Waals surface area contributed by atoms with E-state index in [9.17, 15) is 4.79 Å². The lowest BCUT2D eigenvalue weighted by Crippen LogP contribution is -2.04. The van der Waals surface area contributed by atoms with Crippen LogP contribution in [0.15, 0.2) is 12.7 Å². The molecule has 4 heteroatoms. The van der Waals surface area contributed by atoms with Crippen LogP contribution in [0.5, 0.6) is 0 Å². The van der Waals surface area contributed by atoms with Crippen molar-refractivity contribution in [1.82, 2.24) is 0 Å². The van der Waals surface area contributed by atoms with Gasteiger partial charge in [-0.1, -0.05) is 19.2 Å². The van der Waals surface area contributed by atoms with Gasteiger partial charge in [0.25, 0.3) is 0 Å². The van der Waals surface area contributed by atoms with E-state index in [0.29, 0.717) is 0 Å². The molecular formula is C4H6N2OS. The normalized spacial score (nSPS) is 5.00. The molecule has 44 valence electrons. The van der Waals surface area contributed by atoms with Crippen LogP contribution in [-0.2, 0) is 4.79 Å². The van der Waals surface area contributed by atoms with Crippen molar-refractivity contribution in [3.05, 3.63) is 12.7 Å². The van der Waals surface area contributed by atoms with Crippen molar-refractivity contribution in [3.8, 4) is 5.40 Å². The van der Waals surface area contributed by atoms with Gasteiger partial charge >= 0.3 is 0 Å². The van der Waals surface area contributed by atoms with Gasteiger partial charge in [0.2, 0.25) is 5.91 Å². The molecule has 0 aromatic rings. The average molecular weight is 130 g/mol. The Hall–Kier alpha value is -0.950. The molecule has 2 N–H and O–H groups in total. The molecule has 0 aliphatic rings. The minimum atomic E-state index is -0.481. The van der Waals surface area contributed by atoms with Crippen LogP contribution in [0, 0.1) is 10.7 Å². The molecule has 0 heterocycles. The molecule has 3 nitrogen and oxygen atoms in total. The summed E-state index contributed by atoms with van der Waals surface area (Å²) >= 11 is 3.09. The van der Waals surface area contributed by atoms with Crippen LogP contribution >= 0.6 is 12.6 Å². The minimum Gasteiger partial charge on any atom is -0.366 e. The third kappa shape index (κ3) is 75.1. The number of hydrogen-bond donors (Lipinski definition) is 2. The third-order valence-corrected chi connectivity index (χ3v) is 0.201. The molecule has 0 saturated carbocycles. The summed E-state index contributed by atoms with van der Waals surface area (Å²) < 4.78 is 0. The first kappa shape index (κ1) is 10.1. The van der Waals surface area contributed by atoms with Crippen LogP contribution in [0.2, 0.25) is 0 Å². The van der Waals surface area contributed by atoms with Crippen LogP contribution in [-0.4, -0.2) is 5.91 Å². The van der Waals surface area contributed by atoms with Crippen molar-refractivity contribution in [1.29, 1.82) is 5.26 Å². The minimum absolute atomic E-state index is 0.481. The first-order valence-electron chi connectivity index (χ1n) is 1.64. The van der Waals surface area contributed by atoms with Crippen molar-refractivity contribution in [2.24, 2.45) is 5.73 Å². The van der Waals surface area contributed by atoms with Crippen molar-refractivity contribution in [3.63, 3.8) is 0 Å². The van der Waals surface area contributed by atoms with Crippen molar-refractivity contribution < 1.29 is 4.79 Å². The average Bonchev–Trinajstić information content (AvgIpc) is 1.69. The molecule has 0 saturated heterocycles. The summed E-state index contributed by atoms with van der Waals surface area (Å²) in [7, 11) is 0. The maximum absolute atomic E-state index is 9.47. The van der Waals surface area contributed by atoms with Crippen molar-refractivity contribution in [2.75, 3.05) is 0 Å². The van der Waals surface area contributed by atoms with E-state index in [1.807, 2.05) is 0 Å². The van der Waals surface area contributed by atoms with Crippen LogP contribution in [0.25, 0.3) is 0 Å². The fourth-order valence-corrected chi connectivity index (χ4v) is 0. The zero-order valence-corrected chi connectivity index (χ0v) is 5.06. The fourth-order valence-electron chi connectivity index (χ4n) is 0. The van der Waals surface area contributed by atoms with Gasteiger partial charge in [0.05, 0.1) is 0 Å². The highest BCUT2D eigenvalue weighted by Gasteiger charge is 1.69. The van der Waals surface area contributed by atoms with Crippen molar-refractivity contribution in [2.45, 2.75) is 0 Å². The van der Waals surface area contributed by atoms with E-state index in [-0.39, 0.29) is 0 Å². The Kier molecular flexibility index (Phi) is 11.9. The second-order valence-corrected chi connectivity index (χ2v) is 0.906. The molecule has 0 radical (unpaired) electrons. The molecule has 0 bridgehead atoms. The van der Waals surface area contributed by atoms with Gasteiger partial charge in [-0.3, -0.25) is 4.79 Å². The number of nitrogens with zero attached hydrogens (tertiary/aromatic N) is 1. The van der Waals surface area contributed by atoms with E-state index in [1.165, 1.54) is 5.40 Å². The third-order valence-electron chi connectivity index (χ3n) is 0.201.